The third-order valence-electron chi connectivity index (χ3n) is 4.04. The van der Waals surface area contributed by atoms with Crippen LogP contribution in [-0.4, -0.2) is 31.5 Å². The Balaban J connectivity index is 2.51. The Hall–Kier alpha value is -2.97. The first-order valence-corrected chi connectivity index (χ1v) is 8.68. The van der Waals surface area contributed by atoms with Gasteiger partial charge in [-0.3, -0.25) is 4.79 Å². The second-order valence-electron chi connectivity index (χ2n) is 6.48. The number of hydrogen-bond donors (Lipinski definition) is 0. The van der Waals surface area contributed by atoms with Crippen molar-refractivity contribution in [3.63, 3.8) is 0 Å². The summed E-state index contributed by atoms with van der Waals surface area (Å²) < 4.78 is 18.6. The zero-order valence-corrected chi connectivity index (χ0v) is 15.8. The highest BCUT2D eigenvalue weighted by Gasteiger charge is 2.13. The van der Waals surface area contributed by atoms with Gasteiger partial charge in [0.05, 0.1) is 11.6 Å². The van der Waals surface area contributed by atoms with Gasteiger partial charge in [-0.1, -0.05) is 24.3 Å². The lowest BCUT2D eigenvalue weighted by Crippen LogP contribution is -2.12. The first-order chi connectivity index (χ1) is 12.9. The summed E-state index contributed by atoms with van der Waals surface area (Å²) >= 11 is 0. The summed E-state index contributed by atoms with van der Waals surface area (Å²) in [6.45, 7) is 2.29. The summed E-state index contributed by atoms with van der Waals surface area (Å²) in [7, 11) is 4.00. The van der Waals surface area contributed by atoms with Gasteiger partial charge in [0.2, 0.25) is 0 Å². The van der Waals surface area contributed by atoms with Gasteiger partial charge in [-0.05, 0) is 67.0 Å². The molecule has 2 aromatic rings. The normalized spacial score (nSPS) is 11.3. The van der Waals surface area contributed by atoms with Gasteiger partial charge in [-0.2, -0.15) is 5.26 Å². The minimum Gasteiger partial charge on any atom is -0.461 e. The highest BCUT2D eigenvalue weighted by molar-refractivity contribution is 5.82. The highest BCUT2D eigenvalue weighted by atomic mass is 19.1. The van der Waals surface area contributed by atoms with Crippen LogP contribution in [0.15, 0.2) is 48.5 Å². The summed E-state index contributed by atoms with van der Waals surface area (Å²) in [5.41, 5.74) is 3.88. The molecule has 0 aromatic heterocycles. The molecule has 0 amide bonds. The summed E-state index contributed by atoms with van der Waals surface area (Å²) in [6.07, 6.45) is 2.89. The van der Waals surface area contributed by atoms with E-state index in [1.54, 1.807) is 24.3 Å². The Morgan fingerprint density at radius 3 is 2.52 bits per heavy atom. The number of halogens is 1. The monoisotopic (exact) mass is 366 g/mol. The van der Waals surface area contributed by atoms with Crippen molar-refractivity contribution in [1.29, 1.82) is 5.26 Å². The van der Waals surface area contributed by atoms with Gasteiger partial charge in [-0.25, -0.2) is 4.39 Å². The highest BCUT2D eigenvalue weighted by Crippen LogP contribution is 2.28. The van der Waals surface area contributed by atoms with Crippen LogP contribution >= 0.6 is 0 Å². The van der Waals surface area contributed by atoms with E-state index in [9.17, 15) is 14.4 Å². The molecule has 0 heterocycles. The third kappa shape index (κ3) is 6.05. The quantitative estimate of drug-likeness (QED) is 0.691. The molecule has 0 unspecified atom stereocenters. The smallest absolute Gasteiger partial charge is 0.302 e. The van der Waals surface area contributed by atoms with Crippen molar-refractivity contribution >= 4 is 11.5 Å². The summed E-state index contributed by atoms with van der Waals surface area (Å²) in [5, 5.41) is 9.20. The molecule has 0 spiro atoms. The largest absolute Gasteiger partial charge is 0.461 e. The van der Waals surface area contributed by atoms with Crippen molar-refractivity contribution in [2.24, 2.45) is 0 Å². The summed E-state index contributed by atoms with van der Waals surface area (Å²) in [4.78, 5) is 13.3. The fourth-order valence-electron chi connectivity index (χ4n) is 2.70. The van der Waals surface area contributed by atoms with E-state index < -0.39 is 0 Å². The lowest BCUT2D eigenvalue weighted by Gasteiger charge is -2.15. The molecule has 0 atom stereocenters. The predicted molar refractivity (Wildman–Crippen MR) is 103 cm³/mol. The van der Waals surface area contributed by atoms with Gasteiger partial charge in [0.15, 0.2) is 0 Å². The van der Waals surface area contributed by atoms with Crippen molar-refractivity contribution in [3.8, 4) is 6.07 Å². The van der Waals surface area contributed by atoms with E-state index in [-0.39, 0.29) is 18.4 Å². The first-order valence-electron chi connectivity index (χ1n) is 8.68. The molecule has 0 radical (unpaired) electrons. The van der Waals surface area contributed by atoms with Crippen LogP contribution in [0.4, 0.5) is 4.39 Å². The van der Waals surface area contributed by atoms with Crippen molar-refractivity contribution < 1.29 is 13.9 Å². The van der Waals surface area contributed by atoms with E-state index in [1.807, 2.05) is 20.2 Å². The minimum absolute atomic E-state index is 0.0758. The summed E-state index contributed by atoms with van der Waals surface area (Å²) in [5.74, 6) is -0.686. The molecule has 0 bridgehead atoms. The number of esters is 1. The molecule has 0 fully saturated rings. The zero-order valence-electron chi connectivity index (χ0n) is 15.8. The zero-order chi connectivity index (χ0) is 19.8. The second kappa shape index (κ2) is 9.65. The number of rotatable bonds is 7. The SMILES string of the molecule is CC(=O)OCc1cc(C#N)ccc1C(=CCCN(C)C)c1ccc(F)cc1. The molecule has 2 rings (SSSR count). The van der Waals surface area contributed by atoms with Gasteiger partial charge >= 0.3 is 5.97 Å². The lowest BCUT2D eigenvalue weighted by atomic mass is 9.92. The first kappa shape index (κ1) is 20.3. The van der Waals surface area contributed by atoms with Crippen LogP contribution in [0.3, 0.4) is 0 Å². The van der Waals surface area contributed by atoms with Crippen molar-refractivity contribution in [1.82, 2.24) is 4.90 Å². The van der Waals surface area contributed by atoms with E-state index in [4.69, 9.17) is 4.74 Å². The van der Waals surface area contributed by atoms with Crippen LogP contribution in [0, 0.1) is 17.1 Å². The van der Waals surface area contributed by atoms with Crippen molar-refractivity contribution in [3.05, 3.63) is 76.6 Å². The van der Waals surface area contributed by atoms with E-state index >= 15 is 0 Å². The Kier molecular flexibility index (Phi) is 7.27. The van der Waals surface area contributed by atoms with Crippen LogP contribution in [-0.2, 0) is 16.1 Å². The number of ether oxygens (including phenoxy) is 1. The molecule has 5 heteroatoms. The number of nitriles is 1. The van der Waals surface area contributed by atoms with Crippen LogP contribution in [0.5, 0.6) is 0 Å². The van der Waals surface area contributed by atoms with Crippen molar-refractivity contribution in [2.45, 2.75) is 20.0 Å². The number of benzene rings is 2. The number of hydrogen-bond acceptors (Lipinski definition) is 4. The molecule has 140 valence electrons. The van der Waals surface area contributed by atoms with E-state index in [1.165, 1.54) is 19.1 Å². The van der Waals surface area contributed by atoms with E-state index in [0.29, 0.717) is 5.56 Å². The Morgan fingerprint density at radius 2 is 1.93 bits per heavy atom. The minimum atomic E-state index is -0.386. The average Bonchev–Trinajstić information content (AvgIpc) is 2.64. The van der Waals surface area contributed by atoms with Gasteiger partial charge < -0.3 is 9.64 Å². The summed E-state index contributed by atoms with van der Waals surface area (Å²) in [6, 6.07) is 13.7. The van der Waals surface area contributed by atoms with E-state index in [2.05, 4.69) is 17.0 Å². The lowest BCUT2D eigenvalue weighted by molar-refractivity contribution is -0.142. The van der Waals surface area contributed by atoms with Crippen molar-refractivity contribution in [2.75, 3.05) is 20.6 Å². The third-order valence-corrected chi connectivity index (χ3v) is 4.04. The van der Waals surface area contributed by atoms with Gasteiger partial charge in [0, 0.05) is 13.5 Å². The van der Waals surface area contributed by atoms with Crippen LogP contribution in [0.2, 0.25) is 0 Å². The van der Waals surface area contributed by atoms with Gasteiger partial charge in [-0.15, -0.1) is 0 Å². The van der Waals surface area contributed by atoms with E-state index in [0.717, 1.165) is 35.2 Å². The molecule has 0 aliphatic carbocycles. The molecule has 0 N–H and O–H groups in total. The maximum Gasteiger partial charge on any atom is 0.302 e. The molecule has 0 aliphatic rings. The maximum atomic E-state index is 13.4. The van der Waals surface area contributed by atoms with Crippen LogP contribution < -0.4 is 0 Å². The number of carbonyl (C=O) groups is 1. The fourth-order valence-corrected chi connectivity index (χ4v) is 2.70. The molecule has 27 heavy (non-hydrogen) atoms. The number of nitrogens with zero attached hydrogens (tertiary/aromatic N) is 2. The second-order valence-corrected chi connectivity index (χ2v) is 6.48. The molecule has 4 nitrogen and oxygen atoms in total. The Bertz CT molecular complexity index is 865. The van der Waals surface area contributed by atoms with Crippen LogP contribution in [0.1, 0.15) is 35.6 Å². The Labute approximate surface area is 159 Å². The molecule has 0 saturated heterocycles. The molecular formula is C22H23FN2O2. The van der Waals surface area contributed by atoms with Gasteiger partial charge in [0.25, 0.3) is 0 Å². The average molecular weight is 366 g/mol. The standard InChI is InChI=1S/C22H23FN2O2/c1-16(26)27-15-19-13-17(14-24)6-11-22(19)21(5-4-12-25(2)3)18-7-9-20(23)10-8-18/h5-11,13H,4,12,15H2,1-3H3. The molecule has 2 aromatic carbocycles. The molecular weight excluding hydrogens is 343 g/mol. The molecule has 0 saturated carbocycles. The fraction of sp³-hybridized carbons (Fsp3) is 0.273. The van der Waals surface area contributed by atoms with Crippen LogP contribution in [0.25, 0.3) is 5.57 Å². The maximum absolute atomic E-state index is 13.4. The topological polar surface area (TPSA) is 53.3 Å². The predicted octanol–water partition coefficient (Wildman–Crippen LogP) is 4.14. The molecule has 0 aliphatic heterocycles. The Morgan fingerprint density at radius 1 is 1.22 bits per heavy atom. The number of carbonyl (C=O) groups excluding carboxylic acids is 1. The van der Waals surface area contributed by atoms with Gasteiger partial charge in [0.1, 0.15) is 12.4 Å².